The Morgan fingerprint density at radius 3 is 2.29 bits per heavy atom. The van der Waals surface area contributed by atoms with Crippen LogP contribution in [0.25, 0.3) is 0 Å². The maximum absolute atomic E-state index is 12.2. The number of aliphatic hydroxyl groups is 2. The minimum Gasteiger partial charge on any atom is -0.395 e. The number of hydrogen-bond donors (Lipinski definition) is 3. The van der Waals surface area contributed by atoms with E-state index < -0.39 is 0 Å². The Bertz CT molecular complexity index is 232. The Morgan fingerprint density at radius 1 is 1.24 bits per heavy atom. The van der Waals surface area contributed by atoms with Crippen molar-refractivity contribution in [1.29, 1.82) is 0 Å². The molecule has 3 unspecified atom stereocenters. The standard InChI is InChI=1S/C12H24N2O3/c1-9-6-10(8-11(13)7-9)12(17)14(2-4-15)3-5-16/h9-11,15-16H,2-8,13H2,1H3. The van der Waals surface area contributed by atoms with Crippen LogP contribution in [-0.4, -0.2) is 53.4 Å². The highest BCUT2D eigenvalue weighted by atomic mass is 16.3. The third-order valence-corrected chi connectivity index (χ3v) is 3.38. The van der Waals surface area contributed by atoms with E-state index in [1.165, 1.54) is 4.90 Å². The second-order valence-electron chi connectivity index (χ2n) is 5.04. The SMILES string of the molecule is CC1CC(N)CC(C(=O)N(CCO)CCO)C1. The number of amides is 1. The van der Waals surface area contributed by atoms with Gasteiger partial charge in [0.25, 0.3) is 0 Å². The highest BCUT2D eigenvalue weighted by Crippen LogP contribution is 2.29. The molecule has 5 heteroatoms. The van der Waals surface area contributed by atoms with Gasteiger partial charge in [0.05, 0.1) is 13.2 Å². The summed E-state index contributed by atoms with van der Waals surface area (Å²) in [5.41, 5.74) is 5.93. The average Bonchev–Trinajstić information content (AvgIpc) is 2.26. The van der Waals surface area contributed by atoms with Crippen molar-refractivity contribution >= 4 is 5.91 Å². The molecule has 4 N–H and O–H groups in total. The predicted octanol–water partition coefficient (Wildman–Crippen LogP) is -0.437. The number of nitrogens with two attached hydrogens (primary N) is 1. The van der Waals surface area contributed by atoms with Gasteiger partial charge in [-0.1, -0.05) is 6.92 Å². The first kappa shape index (κ1) is 14.4. The van der Waals surface area contributed by atoms with Gasteiger partial charge in [-0.2, -0.15) is 0 Å². The van der Waals surface area contributed by atoms with Crippen LogP contribution in [0.3, 0.4) is 0 Å². The Labute approximate surface area is 103 Å². The number of hydrogen-bond acceptors (Lipinski definition) is 4. The Hall–Kier alpha value is -0.650. The molecule has 0 aromatic rings. The van der Waals surface area contributed by atoms with Gasteiger partial charge in [0.15, 0.2) is 0 Å². The first-order chi connectivity index (χ1) is 8.08. The van der Waals surface area contributed by atoms with Gasteiger partial charge in [-0.15, -0.1) is 0 Å². The molecule has 0 aliphatic heterocycles. The highest BCUT2D eigenvalue weighted by Gasteiger charge is 2.31. The quantitative estimate of drug-likeness (QED) is 0.612. The van der Waals surface area contributed by atoms with Gasteiger partial charge < -0.3 is 20.8 Å². The normalized spacial score (nSPS) is 29.1. The monoisotopic (exact) mass is 244 g/mol. The Balaban J connectivity index is 2.59. The molecule has 0 aromatic carbocycles. The smallest absolute Gasteiger partial charge is 0.225 e. The van der Waals surface area contributed by atoms with Crippen LogP contribution in [0.5, 0.6) is 0 Å². The lowest BCUT2D eigenvalue weighted by molar-refractivity contribution is -0.138. The van der Waals surface area contributed by atoms with Crippen molar-refractivity contribution in [3.63, 3.8) is 0 Å². The molecule has 5 nitrogen and oxygen atoms in total. The maximum atomic E-state index is 12.2. The first-order valence-electron chi connectivity index (χ1n) is 6.34. The van der Waals surface area contributed by atoms with Crippen LogP contribution < -0.4 is 5.73 Å². The van der Waals surface area contributed by atoms with Crippen molar-refractivity contribution in [2.24, 2.45) is 17.6 Å². The van der Waals surface area contributed by atoms with Crippen LogP contribution in [-0.2, 0) is 4.79 Å². The summed E-state index contributed by atoms with van der Waals surface area (Å²) in [4.78, 5) is 13.8. The molecular formula is C12H24N2O3. The van der Waals surface area contributed by atoms with Gasteiger partial charge in [-0.05, 0) is 25.2 Å². The van der Waals surface area contributed by atoms with Crippen LogP contribution >= 0.6 is 0 Å². The zero-order chi connectivity index (χ0) is 12.8. The fraction of sp³-hybridized carbons (Fsp3) is 0.917. The average molecular weight is 244 g/mol. The van der Waals surface area contributed by atoms with Gasteiger partial charge >= 0.3 is 0 Å². The zero-order valence-electron chi connectivity index (χ0n) is 10.5. The lowest BCUT2D eigenvalue weighted by Gasteiger charge is -2.33. The van der Waals surface area contributed by atoms with E-state index in [0.29, 0.717) is 19.0 Å². The minimum absolute atomic E-state index is 0.0232. The van der Waals surface area contributed by atoms with Crippen molar-refractivity contribution in [1.82, 2.24) is 4.90 Å². The van der Waals surface area contributed by atoms with Crippen LogP contribution in [0.2, 0.25) is 0 Å². The second-order valence-corrected chi connectivity index (χ2v) is 5.04. The lowest BCUT2D eigenvalue weighted by Crippen LogP contribution is -2.44. The van der Waals surface area contributed by atoms with Crippen molar-refractivity contribution < 1.29 is 15.0 Å². The summed E-state index contributed by atoms with van der Waals surface area (Å²) in [6.07, 6.45) is 2.56. The first-order valence-corrected chi connectivity index (χ1v) is 6.34. The summed E-state index contributed by atoms with van der Waals surface area (Å²) in [6.45, 7) is 2.56. The maximum Gasteiger partial charge on any atom is 0.225 e. The molecule has 1 amide bonds. The number of rotatable bonds is 5. The largest absolute Gasteiger partial charge is 0.395 e. The Kier molecular flexibility index (Phi) is 5.88. The predicted molar refractivity (Wildman–Crippen MR) is 65.2 cm³/mol. The molecule has 1 aliphatic carbocycles. The zero-order valence-corrected chi connectivity index (χ0v) is 10.5. The summed E-state index contributed by atoms with van der Waals surface area (Å²) >= 11 is 0. The Morgan fingerprint density at radius 2 is 1.82 bits per heavy atom. The topological polar surface area (TPSA) is 86.8 Å². The van der Waals surface area contributed by atoms with Crippen molar-refractivity contribution in [3.05, 3.63) is 0 Å². The molecule has 0 saturated heterocycles. The number of nitrogens with zero attached hydrogens (tertiary/aromatic N) is 1. The third kappa shape index (κ3) is 4.26. The lowest BCUT2D eigenvalue weighted by atomic mass is 9.79. The molecule has 3 atom stereocenters. The molecule has 0 bridgehead atoms. The van der Waals surface area contributed by atoms with Gasteiger partial charge in [0, 0.05) is 25.0 Å². The molecular weight excluding hydrogens is 220 g/mol. The summed E-state index contributed by atoms with van der Waals surface area (Å²) in [7, 11) is 0. The molecule has 1 rings (SSSR count). The molecule has 0 aromatic heterocycles. The molecule has 0 heterocycles. The summed E-state index contributed by atoms with van der Waals surface area (Å²) < 4.78 is 0. The fourth-order valence-corrected chi connectivity index (χ4v) is 2.69. The van der Waals surface area contributed by atoms with Crippen molar-refractivity contribution in [2.75, 3.05) is 26.3 Å². The number of carbonyl (C=O) groups excluding carboxylic acids is 1. The number of aliphatic hydroxyl groups excluding tert-OH is 2. The van der Waals surface area contributed by atoms with E-state index in [4.69, 9.17) is 15.9 Å². The summed E-state index contributed by atoms with van der Waals surface area (Å²) in [5, 5.41) is 17.8. The van der Waals surface area contributed by atoms with E-state index in [2.05, 4.69) is 6.92 Å². The van der Waals surface area contributed by atoms with Crippen LogP contribution in [0.15, 0.2) is 0 Å². The molecule has 0 radical (unpaired) electrons. The van der Waals surface area contributed by atoms with Gasteiger partial charge in [0.2, 0.25) is 5.91 Å². The van der Waals surface area contributed by atoms with Crippen molar-refractivity contribution in [3.8, 4) is 0 Å². The van der Waals surface area contributed by atoms with Gasteiger partial charge in [0.1, 0.15) is 0 Å². The van der Waals surface area contributed by atoms with Gasteiger partial charge in [-0.3, -0.25) is 4.79 Å². The number of carbonyl (C=O) groups is 1. The van der Waals surface area contributed by atoms with Crippen LogP contribution in [0, 0.1) is 11.8 Å². The van der Waals surface area contributed by atoms with E-state index >= 15 is 0 Å². The van der Waals surface area contributed by atoms with Crippen LogP contribution in [0.1, 0.15) is 26.2 Å². The molecule has 100 valence electrons. The molecule has 17 heavy (non-hydrogen) atoms. The van der Waals surface area contributed by atoms with E-state index in [0.717, 1.165) is 19.3 Å². The fourth-order valence-electron chi connectivity index (χ4n) is 2.69. The molecule has 1 saturated carbocycles. The van der Waals surface area contributed by atoms with E-state index in [-0.39, 0.29) is 31.1 Å². The summed E-state index contributed by atoms with van der Waals surface area (Å²) in [6, 6.07) is 0.0952. The van der Waals surface area contributed by atoms with E-state index in [1.807, 2.05) is 0 Å². The molecule has 1 fully saturated rings. The van der Waals surface area contributed by atoms with Crippen LogP contribution in [0.4, 0.5) is 0 Å². The van der Waals surface area contributed by atoms with Crippen molar-refractivity contribution in [2.45, 2.75) is 32.2 Å². The van der Waals surface area contributed by atoms with Gasteiger partial charge in [-0.25, -0.2) is 0 Å². The summed E-state index contributed by atoms with van der Waals surface area (Å²) in [5.74, 6) is 0.444. The third-order valence-electron chi connectivity index (χ3n) is 3.38. The molecule has 0 spiro atoms. The van der Waals surface area contributed by atoms with E-state index in [1.54, 1.807) is 0 Å². The minimum atomic E-state index is -0.0694. The highest BCUT2D eigenvalue weighted by molar-refractivity contribution is 5.79. The molecule has 1 aliphatic rings. The van der Waals surface area contributed by atoms with E-state index in [9.17, 15) is 4.79 Å². The second kappa shape index (κ2) is 6.93.